The van der Waals surface area contributed by atoms with Crippen molar-refractivity contribution in [2.24, 2.45) is 0 Å². The Morgan fingerprint density at radius 2 is 1.59 bits per heavy atom. The Bertz CT molecular complexity index is 1160. The summed E-state index contributed by atoms with van der Waals surface area (Å²) in [5, 5.41) is 10.9. The van der Waals surface area contributed by atoms with E-state index in [4.69, 9.17) is 4.74 Å². The minimum Gasteiger partial charge on any atom is -0.486 e. The van der Waals surface area contributed by atoms with Crippen LogP contribution < -0.4 is 4.74 Å². The van der Waals surface area contributed by atoms with Gasteiger partial charge in [-0.3, -0.25) is 0 Å². The summed E-state index contributed by atoms with van der Waals surface area (Å²) in [6.07, 6.45) is 0. The lowest BCUT2D eigenvalue weighted by atomic mass is 10.1. The molecule has 3 aromatic carbocycles. The first-order valence-corrected chi connectivity index (χ1v) is 9.61. The van der Waals surface area contributed by atoms with Crippen LogP contribution in [0.5, 0.6) is 5.75 Å². The van der Waals surface area contributed by atoms with Gasteiger partial charge in [0, 0.05) is 11.9 Å². The molecule has 0 spiro atoms. The van der Waals surface area contributed by atoms with Gasteiger partial charge in [0.1, 0.15) is 6.61 Å². The number of hydrogen-bond acceptors (Lipinski definition) is 2. The van der Waals surface area contributed by atoms with E-state index in [0.717, 1.165) is 27.6 Å². The molecule has 0 saturated heterocycles. The number of hydrogen-bond donors (Lipinski definition) is 1. The number of fused-ring (bicyclic) bond motifs is 1. The fraction of sp³-hybridized carbons (Fsp3) is 0.160. The lowest BCUT2D eigenvalue weighted by molar-refractivity contribution is 0.0681. The predicted molar refractivity (Wildman–Crippen MR) is 115 cm³/mol. The highest BCUT2D eigenvalue weighted by molar-refractivity contribution is 6.01. The molecule has 1 heterocycles. The van der Waals surface area contributed by atoms with Gasteiger partial charge in [-0.15, -0.1) is 0 Å². The van der Waals surface area contributed by atoms with Gasteiger partial charge in [-0.05, 0) is 37.1 Å². The molecule has 0 atom stereocenters. The molecule has 1 aromatic heterocycles. The standard InChI is InChI=1S/C25H23NO3/c1-17-8-11-19(12-9-17)15-26-22-13-10-18(2)14-21(22)24(23(26)25(27)28)29-16-20-6-4-3-5-7-20/h3-14H,15-16H2,1-2H3,(H,27,28). The highest BCUT2D eigenvalue weighted by atomic mass is 16.5. The second-order valence-electron chi connectivity index (χ2n) is 7.35. The fourth-order valence-corrected chi connectivity index (χ4v) is 3.57. The molecule has 146 valence electrons. The number of aromatic carboxylic acids is 1. The largest absolute Gasteiger partial charge is 0.486 e. The zero-order chi connectivity index (χ0) is 20.4. The van der Waals surface area contributed by atoms with Crippen LogP contribution in [0, 0.1) is 13.8 Å². The first-order chi connectivity index (χ1) is 14.0. The molecule has 0 unspecified atom stereocenters. The van der Waals surface area contributed by atoms with E-state index in [1.54, 1.807) is 0 Å². The molecule has 0 amide bonds. The summed E-state index contributed by atoms with van der Waals surface area (Å²) in [7, 11) is 0. The second-order valence-corrected chi connectivity index (χ2v) is 7.35. The number of aromatic nitrogens is 1. The van der Waals surface area contributed by atoms with Crippen LogP contribution in [0.2, 0.25) is 0 Å². The molecule has 4 heteroatoms. The van der Waals surface area contributed by atoms with Crippen molar-refractivity contribution in [3.63, 3.8) is 0 Å². The summed E-state index contributed by atoms with van der Waals surface area (Å²) >= 11 is 0. The van der Waals surface area contributed by atoms with E-state index in [2.05, 4.69) is 0 Å². The van der Waals surface area contributed by atoms with Gasteiger partial charge in [0.05, 0.1) is 5.52 Å². The molecule has 0 aliphatic carbocycles. The second kappa shape index (κ2) is 7.84. The quantitative estimate of drug-likeness (QED) is 0.471. The highest BCUT2D eigenvalue weighted by Crippen LogP contribution is 2.35. The van der Waals surface area contributed by atoms with E-state index < -0.39 is 5.97 Å². The first kappa shape index (κ1) is 18.8. The van der Waals surface area contributed by atoms with Crippen LogP contribution in [0.3, 0.4) is 0 Å². The third-order valence-corrected chi connectivity index (χ3v) is 5.06. The van der Waals surface area contributed by atoms with Crippen molar-refractivity contribution in [2.75, 3.05) is 0 Å². The van der Waals surface area contributed by atoms with Crippen LogP contribution in [0.25, 0.3) is 10.9 Å². The van der Waals surface area contributed by atoms with E-state index in [9.17, 15) is 9.90 Å². The van der Waals surface area contributed by atoms with E-state index in [1.807, 2.05) is 91.2 Å². The van der Waals surface area contributed by atoms with Gasteiger partial charge in [-0.2, -0.15) is 0 Å². The van der Waals surface area contributed by atoms with Gasteiger partial charge in [-0.1, -0.05) is 71.8 Å². The lowest BCUT2D eigenvalue weighted by Crippen LogP contribution is -2.11. The van der Waals surface area contributed by atoms with E-state index in [1.165, 1.54) is 5.56 Å². The molecule has 0 aliphatic heterocycles. The van der Waals surface area contributed by atoms with Crippen molar-refractivity contribution >= 4 is 16.9 Å². The van der Waals surface area contributed by atoms with Crippen molar-refractivity contribution in [1.29, 1.82) is 0 Å². The van der Waals surface area contributed by atoms with Crippen molar-refractivity contribution in [3.8, 4) is 5.75 Å². The Labute approximate surface area is 170 Å². The van der Waals surface area contributed by atoms with Crippen LogP contribution in [0.1, 0.15) is 32.7 Å². The summed E-state index contributed by atoms with van der Waals surface area (Å²) < 4.78 is 7.92. The number of rotatable bonds is 6. The summed E-state index contributed by atoms with van der Waals surface area (Å²) in [6, 6.07) is 23.9. The molecule has 0 fully saturated rings. The number of ether oxygens (including phenoxy) is 1. The molecule has 0 aliphatic rings. The van der Waals surface area contributed by atoms with Gasteiger partial charge < -0.3 is 14.4 Å². The number of carbonyl (C=O) groups is 1. The molecule has 4 rings (SSSR count). The Hall–Kier alpha value is -3.53. The Morgan fingerprint density at radius 1 is 0.897 bits per heavy atom. The minimum atomic E-state index is -0.992. The van der Waals surface area contributed by atoms with Crippen molar-refractivity contribution in [3.05, 3.63) is 101 Å². The molecule has 0 radical (unpaired) electrons. The number of carboxylic acid groups (broad SMARTS) is 1. The minimum absolute atomic E-state index is 0.183. The van der Waals surface area contributed by atoms with Gasteiger partial charge in [0.2, 0.25) is 0 Å². The molecule has 1 N–H and O–H groups in total. The van der Waals surface area contributed by atoms with E-state index >= 15 is 0 Å². The maximum absolute atomic E-state index is 12.3. The highest BCUT2D eigenvalue weighted by Gasteiger charge is 2.24. The fourth-order valence-electron chi connectivity index (χ4n) is 3.57. The molecule has 0 bridgehead atoms. The monoisotopic (exact) mass is 385 g/mol. The third-order valence-electron chi connectivity index (χ3n) is 5.06. The van der Waals surface area contributed by atoms with Crippen molar-refractivity contribution < 1.29 is 14.6 Å². The molecule has 0 saturated carbocycles. The molecular weight excluding hydrogens is 362 g/mol. The summed E-state index contributed by atoms with van der Waals surface area (Å²) in [5.41, 5.74) is 5.32. The number of carboxylic acids is 1. The zero-order valence-electron chi connectivity index (χ0n) is 16.6. The average Bonchev–Trinajstić information content (AvgIpc) is 3.01. The Balaban J connectivity index is 1.82. The zero-order valence-corrected chi connectivity index (χ0v) is 16.6. The predicted octanol–water partition coefficient (Wildman–Crippen LogP) is 5.58. The SMILES string of the molecule is Cc1ccc(Cn2c(C(=O)O)c(OCc3ccccc3)c3cc(C)ccc32)cc1. The molecule has 29 heavy (non-hydrogen) atoms. The number of aryl methyl sites for hydroxylation is 2. The Kier molecular flexibility index (Phi) is 5.09. The van der Waals surface area contributed by atoms with Crippen LogP contribution in [0.15, 0.2) is 72.8 Å². The van der Waals surface area contributed by atoms with Crippen LogP contribution >= 0.6 is 0 Å². The van der Waals surface area contributed by atoms with Crippen molar-refractivity contribution in [1.82, 2.24) is 4.57 Å². The molecular formula is C25H23NO3. The van der Waals surface area contributed by atoms with E-state index in [-0.39, 0.29) is 5.69 Å². The maximum atomic E-state index is 12.3. The van der Waals surface area contributed by atoms with Crippen LogP contribution in [0.4, 0.5) is 0 Å². The summed E-state index contributed by atoms with van der Waals surface area (Å²) in [4.78, 5) is 12.3. The average molecular weight is 385 g/mol. The van der Waals surface area contributed by atoms with Gasteiger partial charge in [0.15, 0.2) is 11.4 Å². The number of nitrogens with zero attached hydrogens (tertiary/aromatic N) is 1. The molecule has 4 nitrogen and oxygen atoms in total. The lowest BCUT2D eigenvalue weighted by Gasteiger charge is -2.10. The molecule has 4 aromatic rings. The third kappa shape index (κ3) is 3.87. The normalized spacial score (nSPS) is 11.0. The smallest absolute Gasteiger partial charge is 0.356 e. The summed E-state index contributed by atoms with van der Waals surface area (Å²) in [5.74, 6) is -0.568. The van der Waals surface area contributed by atoms with Gasteiger partial charge in [-0.25, -0.2) is 4.79 Å². The van der Waals surface area contributed by atoms with Crippen LogP contribution in [-0.2, 0) is 13.2 Å². The van der Waals surface area contributed by atoms with Gasteiger partial charge in [0.25, 0.3) is 0 Å². The maximum Gasteiger partial charge on any atom is 0.356 e. The Morgan fingerprint density at radius 3 is 2.28 bits per heavy atom. The topological polar surface area (TPSA) is 51.5 Å². The van der Waals surface area contributed by atoms with Gasteiger partial charge >= 0.3 is 5.97 Å². The van der Waals surface area contributed by atoms with Crippen molar-refractivity contribution in [2.45, 2.75) is 27.0 Å². The van der Waals surface area contributed by atoms with Crippen LogP contribution in [-0.4, -0.2) is 15.6 Å². The van der Waals surface area contributed by atoms with E-state index in [0.29, 0.717) is 18.9 Å². The summed E-state index contributed by atoms with van der Waals surface area (Å²) in [6.45, 7) is 4.82. The first-order valence-electron chi connectivity index (χ1n) is 9.61. The number of benzene rings is 3.